The highest BCUT2D eigenvalue weighted by atomic mass is 16.5. The quantitative estimate of drug-likeness (QED) is 0.157. The number of benzene rings is 5. The van der Waals surface area contributed by atoms with Crippen LogP contribution in [0, 0.1) is 0 Å². The van der Waals surface area contributed by atoms with Gasteiger partial charge in [-0.25, -0.2) is 0 Å². The highest BCUT2D eigenvalue weighted by Crippen LogP contribution is 2.47. The van der Waals surface area contributed by atoms with Crippen LogP contribution in [0.4, 0.5) is 0 Å². The first-order valence-corrected chi connectivity index (χ1v) is 17.2. The van der Waals surface area contributed by atoms with Gasteiger partial charge >= 0.3 is 0 Å². The Morgan fingerprint density at radius 1 is 0.479 bits per heavy atom. The molecule has 7 heterocycles. The van der Waals surface area contributed by atoms with Gasteiger partial charge in [0.25, 0.3) is 6.71 Å². The number of hydrogen-bond donors (Lipinski definition) is 0. The molecule has 3 aliphatic heterocycles. The molecule has 6 heteroatoms. The lowest BCUT2D eigenvalue weighted by molar-refractivity contribution is 0.488. The van der Waals surface area contributed by atoms with Gasteiger partial charge in [-0.3, -0.25) is 17.9 Å². The molecule has 0 aliphatic carbocycles. The Morgan fingerprint density at radius 3 is 1.40 bits per heavy atom. The van der Waals surface area contributed by atoms with Gasteiger partial charge in [0.15, 0.2) is 0 Å². The molecular formula is C42H33BN4O. The smallest absolute Gasteiger partial charge is 0.262 e. The highest BCUT2D eigenvalue weighted by molar-refractivity contribution is 7.01. The van der Waals surface area contributed by atoms with E-state index >= 15 is 0 Å². The summed E-state index contributed by atoms with van der Waals surface area (Å²) >= 11 is 0. The molecule has 48 heavy (non-hydrogen) atoms. The number of imidazole rings is 2. The zero-order valence-corrected chi connectivity index (χ0v) is 27.9. The number of para-hydroxylation sites is 2. The van der Waals surface area contributed by atoms with Crippen LogP contribution in [0.3, 0.4) is 0 Å². The first-order valence-electron chi connectivity index (χ1n) is 17.2. The predicted octanol–water partition coefficient (Wildman–Crippen LogP) is 8.23. The van der Waals surface area contributed by atoms with E-state index in [4.69, 9.17) is 4.74 Å². The molecule has 230 valence electrons. The van der Waals surface area contributed by atoms with Crippen molar-refractivity contribution < 1.29 is 4.74 Å². The van der Waals surface area contributed by atoms with E-state index in [-0.39, 0.29) is 17.5 Å². The summed E-state index contributed by atoms with van der Waals surface area (Å²) in [6.45, 7) is 14.2. The number of rotatable bonds is 0. The Hall–Kier alpha value is -5.36. The van der Waals surface area contributed by atoms with Crippen molar-refractivity contribution >= 4 is 78.3 Å². The van der Waals surface area contributed by atoms with E-state index < -0.39 is 0 Å². The first kappa shape index (κ1) is 25.7. The third kappa shape index (κ3) is 2.60. The molecule has 0 radical (unpaired) electrons. The largest absolute Gasteiger partial charge is 0.458 e. The summed E-state index contributed by atoms with van der Waals surface area (Å²) in [7, 11) is 0. The van der Waals surface area contributed by atoms with Gasteiger partial charge in [0.05, 0.1) is 33.1 Å². The van der Waals surface area contributed by atoms with Crippen LogP contribution >= 0.6 is 0 Å². The summed E-state index contributed by atoms with van der Waals surface area (Å²) in [5.74, 6) is 1.94. The fourth-order valence-corrected chi connectivity index (χ4v) is 10.0. The van der Waals surface area contributed by atoms with Crippen LogP contribution < -0.4 is 21.1 Å². The lowest BCUT2D eigenvalue weighted by atomic mass is 9.33. The molecule has 5 nitrogen and oxygen atoms in total. The Labute approximate surface area is 277 Å². The second kappa shape index (κ2) is 7.68. The average molecular weight is 621 g/mol. The highest BCUT2D eigenvalue weighted by Gasteiger charge is 2.48. The fourth-order valence-electron chi connectivity index (χ4n) is 10.0. The van der Waals surface area contributed by atoms with Crippen molar-refractivity contribution in [1.29, 1.82) is 0 Å². The van der Waals surface area contributed by atoms with E-state index in [1.165, 1.54) is 94.1 Å². The summed E-state index contributed by atoms with van der Waals surface area (Å²) < 4.78 is 17.2. The van der Waals surface area contributed by atoms with Crippen LogP contribution in [0.1, 0.15) is 52.7 Å². The van der Waals surface area contributed by atoms with Crippen molar-refractivity contribution in [3.05, 3.63) is 102 Å². The zero-order chi connectivity index (χ0) is 32.2. The molecule has 0 spiro atoms. The van der Waals surface area contributed by atoms with Gasteiger partial charge < -0.3 is 4.74 Å². The molecule has 4 aromatic heterocycles. The second-order valence-electron chi connectivity index (χ2n) is 16.2. The molecule has 0 saturated carbocycles. The van der Waals surface area contributed by atoms with E-state index in [2.05, 4.69) is 150 Å². The van der Waals surface area contributed by atoms with Gasteiger partial charge in [0, 0.05) is 33.3 Å². The molecule has 3 aliphatic rings. The lowest BCUT2D eigenvalue weighted by Crippen LogP contribution is -2.61. The van der Waals surface area contributed by atoms with Crippen LogP contribution in [0.5, 0.6) is 11.5 Å². The van der Waals surface area contributed by atoms with Crippen molar-refractivity contribution in [1.82, 2.24) is 17.9 Å². The standard InChI is InChI=1S/C42H33BN4O/c1-41(2,3)32-22-12-7-9-14-24(22)44-28-18-20-30-35-37(28)46(39(32)44)26-16-11-17-27-34(26)43(35)36-31(48-30)21-19-29-38(36)47(27)40-33(42(4,5)6)23-13-8-10-15-25(23)45(29)40/h7-21H,1-6H3. The average Bonchev–Trinajstić information content (AvgIpc) is 3.77. The topological polar surface area (TPSA) is 27.9 Å². The Balaban J connectivity index is 1.36. The van der Waals surface area contributed by atoms with Crippen molar-refractivity contribution in [3.63, 3.8) is 0 Å². The number of nitrogens with zero attached hydrogens (tertiary/aromatic N) is 4. The molecule has 0 fully saturated rings. The number of aromatic nitrogens is 4. The molecule has 0 N–H and O–H groups in total. The Kier molecular flexibility index (Phi) is 4.11. The third-order valence-corrected chi connectivity index (χ3v) is 11.5. The lowest BCUT2D eigenvalue weighted by Gasteiger charge is -2.37. The van der Waals surface area contributed by atoms with Gasteiger partial charge in [0.2, 0.25) is 0 Å². The first-order chi connectivity index (χ1) is 23.1. The monoisotopic (exact) mass is 620 g/mol. The van der Waals surface area contributed by atoms with Gasteiger partial charge in [-0.2, -0.15) is 0 Å². The van der Waals surface area contributed by atoms with Crippen LogP contribution in [0.15, 0.2) is 91.0 Å². The molecule has 0 amide bonds. The molecule has 0 bridgehead atoms. The van der Waals surface area contributed by atoms with Gasteiger partial charge in [-0.15, -0.1) is 0 Å². The summed E-state index contributed by atoms with van der Waals surface area (Å²) in [6.07, 6.45) is 0. The SMILES string of the molecule is CC(C)(C)c1c2ccccc2n2c3ccc4c5c3n(c12)-c1cccc2c1B5c1c(ccc3c1n-2c1c(C(C)(C)C)c2ccccc2n31)O4. The van der Waals surface area contributed by atoms with E-state index in [0.717, 1.165) is 11.5 Å². The minimum Gasteiger partial charge on any atom is -0.458 e. The van der Waals surface area contributed by atoms with Crippen LogP contribution in [0.25, 0.3) is 66.5 Å². The fraction of sp³-hybridized carbons (Fsp3) is 0.190. The van der Waals surface area contributed by atoms with Gasteiger partial charge in [0.1, 0.15) is 22.8 Å². The molecule has 0 unspecified atom stereocenters. The third-order valence-electron chi connectivity index (χ3n) is 11.5. The minimum absolute atomic E-state index is 0.0728. The minimum atomic E-state index is -0.0728. The molecule has 0 atom stereocenters. The maximum absolute atomic E-state index is 6.96. The Morgan fingerprint density at radius 2 is 0.938 bits per heavy atom. The molecule has 0 saturated heterocycles. The maximum Gasteiger partial charge on any atom is 0.262 e. The number of fused-ring (bicyclic) bond motifs is 12. The van der Waals surface area contributed by atoms with Crippen molar-refractivity contribution in [2.75, 3.05) is 0 Å². The van der Waals surface area contributed by atoms with Gasteiger partial charge in [-0.05, 0) is 75.7 Å². The zero-order valence-electron chi connectivity index (χ0n) is 27.9. The second-order valence-corrected chi connectivity index (χ2v) is 16.2. The normalized spacial score (nSPS) is 14.6. The van der Waals surface area contributed by atoms with E-state index in [0.29, 0.717) is 0 Å². The van der Waals surface area contributed by atoms with Crippen molar-refractivity contribution in [3.8, 4) is 22.9 Å². The van der Waals surface area contributed by atoms with Crippen LogP contribution in [-0.2, 0) is 10.8 Å². The summed E-state index contributed by atoms with van der Waals surface area (Å²) in [5.41, 5.74) is 19.1. The van der Waals surface area contributed by atoms with Crippen LogP contribution in [-0.4, -0.2) is 24.6 Å². The summed E-state index contributed by atoms with van der Waals surface area (Å²) in [5, 5.41) is 2.64. The molecule has 12 rings (SSSR count). The predicted molar refractivity (Wildman–Crippen MR) is 199 cm³/mol. The Bertz CT molecular complexity index is 2810. The van der Waals surface area contributed by atoms with Crippen LogP contribution in [0.2, 0.25) is 0 Å². The van der Waals surface area contributed by atoms with Crippen molar-refractivity contribution in [2.24, 2.45) is 0 Å². The summed E-state index contributed by atoms with van der Waals surface area (Å²) in [4.78, 5) is 0. The van der Waals surface area contributed by atoms with E-state index in [1.54, 1.807) is 0 Å². The van der Waals surface area contributed by atoms with E-state index in [9.17, 15) is 0 Å². The van der Waals surface area contributed by atoms with Crippen molar-refractivity contribution in [2.45, 2.75) is 52.4 Å². The molecule has 9 aromatic rings. The summed E-state index contributed by atoms with van der Waals surface area (Å²) in [6, 6.07) is 33.9. The molecular weight excluding hydrogens is 587 g/mol. The van der Waals surface area contributed by atoms with Gasteiger partial charge in [-0.1, -0.05) is 84.0 Å². The number of hydrogen-bond acceptors (Lipinski definition) is 1. The molecule has 5 aromatic carbocycles. The maximum atomic E-state index is 6.96. The van der Waals surface area contributed by atoms with E-state index in [1.807, 2.05) is 0 Å². The number of ether oxygens (including phenoxy) is 1.